The van der Waals surface area contributed by atoms with Crippen molar-refractivity contribution in [3.05, 3.63) is 44.1 Å². The molecule has 3 aliphatic rings. The lowest BCUT2D eigenvalue weighted by Crippen LogP contribution is -2.36. The molecule has 3 aliphatic heterocycles. The van der Waals surface area contributed by atoms with Crippen molar-refractivity contribution in [2.75, 3.05) is 13.1 Å². The molecule has 0 aliphatic carbocycles. The highest BCUT2D eigenvalue weighted by Crippen LogP contribution is 2.24. The Morgan fingerprint density at radius 1 is 1.06 bits per heavy atom. The van der Waals surface area contributed by atoms with Crippen molar-refractivity contribution < 1.29 is 4.79 Å². The van der Waals surface area contributed by atoms with E-state index in [1.54, 1.807) is 0 Å². The second kappa shape index (κ2) is 8.79. The lowest BCUT2D eigenvalue weighted by molar-refractivity contribution is -0.115. The molecule has 1 saturated heterocycles. The molecule has 31 heavy (non-hydrogen) atoms. The summed E-state index contributed by atoms with van der Waals surface area (Å²) in [5.74, 6) is 0.260. The van der Waals surface area contributed by atoms with Crippen LogP contribution in [-0.2, 0) is 11.3 Å². The Morgan fingerprint density at radius 3 is 2.68 bits per heavy atom. The number of aliphatic imine (C=N–C) groups is 1. The van der Waals surface area contributed by atoms with Gasteiger partial charge in [-0.2, -0.15) is 4.98 Å². The van der Waals surface area contributed by atoms with Crippen LogP contribution in [0.4, 0.5) is 0 Å². The number of benzene rings is 1. The molecule has 3 heterocycles. The van der Waals surface area contributed by atoms with Crippen molar-refractivity contribution in [3.63, 3.8) is 0 Å². The number of H-pyrrole nitrogens is 1. The first-order valence-electron chi connectivity index (χ1n) is 10.7. The van der Waals surface area contributed by atoms with Crippen LogP contribution in [0.1, 0.15) is 43.2 Å². The zero-order valence-electron chi connectivity index (χ0n) is 17.8. The highest BCUT2D eigenvalue weighted by atomic mass is 16.2. The molecule has 4 rings (SSSR count). The first-order chi connectivity index (χ1) is 14.9. The van der Waals surface area contributed by atoms with Gasteiger partial charge in [0.05, 0.1) is 16.7 Å². The first-order valence-corrected chi connectivity index (χ1v) is 10.7. The maximum absolute atomic E-state index is 12.3. The summed E-state index contributed by atoms with van der Waals surface area (Å²) in [4.78, 5) is 51.1. The van der Waals surface area contributed by atoms with Crippen LogP contribution in [0.5, 0.6) is 0 Å². The van der Waals surface area contributed by atoms with Crippen LogP contribution in [-0.4, -0.2) is 44.2 Å². The smallest absolute Gasteiger partial charge is 0.349 e. The number of carbonyl (C=O) groups is 1. The summed E-state index contributed by atoms with van der Waals surface area (Å²) < 4.78 is 1.92. The number of amides is 1. The van der Waals surface area contributed by atoms with E-state index in [0.717, 1.165) is 55.3 Å². The molecule has 0 radical (unpaired) electrons. The Labute approximate surface area is 179 Å². The number of fused-ring (bicyclic) bond motifs is 2. The third kappa shape index (κ3) is 4.40. The SMILES string of the molecule is Cc1cc2nc3c(=O)[nH]c(=O)nc-3n(CCCCCN=C3CCCNC3=O)c2cc1C. The number of hydrogen-bond donors (Lipinski definition) is 2. The number of aromatic nitrogens is 4. The van der Waals surface area contributed by atoms with Crippen molar-refractivity contribution >= 4 is 22.7 Å². The Bertz CT molecular complexity index is 1260. The van der Waals surface area contributed by atoms with E-state index in [1.807, 2.05) is 30.5 Å². The number of aromatic amines is 1. The van der Waals surface area contributed by atoms with Gasteiger partial charge in [-0.3, -0.25) is 19.6 Å². The molecule has 9 nitrogen and oxygen atoms in total. The molecule has 1 aromatic carbocycles. The number of rotatable bonds is 6. The van der Waals surface area contributed by atoms with Gasteiger partial charge in [0.15, 0.2) is 11.5 Å². The predicted octanol–water partition coefficient (Wildman–Crippen LogP) is 1.72. The summed E-state index contributed by atoms with van der Waals surface area (Å²) >= 11 is 0. The van der Waals surface area contributed by atoms with E-state index in [0.29, 0.717) is 30.1 Å². The topological polar surface area (TPSA) is 122 Å². The van der Waals surface area contributed by atoms with E-state index in [2.05, 4.69) is 25.3 Å². The second-order valence-electron chi connectivity index (χ2n) is 7.98. The van der Waals surface area contributed by atoms with Gasteiger partial charge >= 0.3 is 5.69 Å². The summed E-state index contributed by atoms with van der Waals surface area (Å²) in [6, 6.07) is 3.98. The molecule has 0 atom stereocenters. The standard InChI is InChI=1S/C22H26N6O3/c1-13-11-16-17(12-14(13)2)28(19-18(25-16)21(30)27-22(31)26-19)10-5-3-4-8-23-15-7-6-9-24-20(15)29/h11-12H,3-10H2,1-2H3,(H,24,29)(H,27,30,31). The lowest BCUT2D eigenvalue weighted by atomic mass is 10.1. The second-order valence-corrected chi connectivity index (χ2v) is 7.98. The van der Waals surface area contributed by atoms with Crippen molar-refractivity contribution in [3.8, 4) is 11.5 Å². The van der Waals surface area contributed by atoms with E-state index in [-0.39, 0.29) is 11.6 Å². The highest BCUT2D eigenvalue weighted by molar-refractivity contribution is 6.39. The molecule has 0 saturated carbocycles. The highest BCUT2D eigenvalue weighted by Gasteiger charge is 2.19. The first kappa shape index (κ1) is 20.9. The predicted molar refractivity (Wildman–Crippen MR) is 119 cm³/mol. The summed E-state index contributed by atoms with van der Waals surface area (Å²) in [5, 5.41) is 2.82. The number of hydrogen-bond acceptors (Lipinski definition) is 6. The summed E-state index contributed by atoms with van der Waals surface area (Å²) in [5.41, 5.74) is 3.37. The quantitative estimate of drug-likeness (QED) is 0.463. The maximum atomic E-state index is 12.3. The summed E-state index contributed by atoms with van der Waals surface area (Å²) in [7, 11) is 0. The van der Waals surface area contributed by atoms with Crippen LogP contribution in [0, 0.1) is 13.8 Å². The van der Waals surface area contributed by atoms with Crippen molar-refractivity contribution in [2.24, 2.45) is 4.99 Å². The molecule has 0 unspecified atom stereocenters. The fourth-order valence-electron chi connectivity index (χ4n) is 3.87. The Morgan fingerprint density at radius 2 is 1.87 bits per heavy atom. The minimum atomic E-state index is -0.669. The van der Waals surface area contributed by atoms with Crippen LogP contribution in [0.3, 0.4) is 0 Å². The van der Waals surface area contributed by atoms with E-state index < -0.39 is 11.2 Å². The van der Waals surface area contributed by atoms with Gasteiger partial charge in [0.2, 0.25) is 0 Å². The van der Waals surface area contributed by atoms with Crippen LogP contribution >= 0.6 is 0 Å². The number of nitrogens with zero attached hydrogens (tertiary/aromatic N) is 4. The maximum Gasteiger partial charge on any atom is 0.349 e. The van der Waals surface area contributed by atoms with Crippen LogP contribution in [0.15, 0.2) is 26.7 Å². The third-order valence-electron chi connectivity index (χ3n) is 5.70. The molecule has 0 bridgehead atoms. The zero-order chi connectivity index (χ0) is 22.0. The average Bonchev–Trinajstić information content (AvgIpc) is 2.73. The fraction of sp³-hybridized carbons (Fsp3) is 0.455. The molecule has 0 aromatic heterocycles. The average molecular weight is 422 g/mol. The van der Waals surface area contributed by atoms with Crippen molar-refractivity contribution in [1.29, 1.82) is 0 Å². The molecule has 1 fully saturated rings. The van der Waals surface area contributed by atoms with E-state index in [1.165, 1.54) is 0 Å². The molecular weight excluding hydrogens is 396 g/mol. The largest absolute Gasteiger partial charge is 0.351 e. The van der Waals surface area contributed by atoms with Gasteiger partial charge < -0.3 is 9.88 Å². The molecule has 1 aromatic rings. The number of piperidine rings is 1. The fourth-order valence-corrected chi connectivity index (χ4v) is 3.87. The summed E-state index contributed by atoms with van der Waals surface area (Å²) in [6.07, 6.45) is 4.26. The number of aryl methyl sites for hydroxylation is 3. The normalized spacial score (nSPS) is 15.7. The minimum Gasteiger partial charge on any atom is -0.351 e. The van der Waals surface area contributed by atoms with Crippen LogP contribution in [0.25, 0.3) is 22.6 Å². The van der Waals surface area contributed by atoms with Gasteiger partial charge in [-0.05, 0) is 69.2 Å². The Balaban J connectivity index is 1.55. The van der Waals surface area contributed by atoms with Crippen molar-refractivity contribution in [2.45, 2.75) is 52.5 Å². The van der Waals surface area contributed by atoms with Crippen LogP contribution < -0.4 is 16.6 Å². The summed E-state index contributed by atoms with van der Waals surface area (Å²) in [6.45, 7) is 5.97. The number of carbonyl (C=O) groups excluding carboxylic acids is 1. The van der Waals surface area contributed by atoms with Crippen LogP contribution in [0.2, 0.25) is 0 Å². The van der Waals surface area contributed by atoms with Gasteiger partial charge in [0.1, 0.15) is 0 Å². The lowest BCUT2D eigenvalue weighted by Gasteiger charge is -2.17. The van der Waals surface area contributed by atoms with Gasteiger partial charge in [-0.15, -0.1) is 0 Å². The number of nitrogens with one attached hydrogen (secondary N) is 2. The molecule has 9 heteroatoms. The van der Waals surface area contributed by atoms with E-state index >= 15 is 0 Å². The zero-order valence-corrected chi connectivity index (χ0v) is 17.8. The minimum absolute atomic E-state index is 0.0492. The van der Waals surface area contributed by atoms with Gasteiger partial charge in [-0.25, -0.2) is 9.78 Å². The van der Waals surface area contributed by atoms with Gasteiger partial charge in [-0.1, -0.05) is 0 Å². The number of unbranched alkanes of at least 4 members (excludes halogenated alkanes) is 2. The Hall–Kier alpha value is -3.36. The van der Waals surface area contributed by atoms with E-state index in [9.17, 15) is 14.4 Å². The molecule has 1 amide bonds. The van der Waals surface area contributed by atoms with Gasteiger partial charge in [0.25, 0.3) is 11.5 Å². The van der Waals surface area contributed by atoms with Crippen molar-refractivity contribution in [1.82, 2.24) is 24.8 Å². The third-order valence-corrected chi connectivity index (χ3v) is 5.70. The van der Waals surface area contributed by atoms with Gasteiger partial charge in [0, 0.05) is 19.6 Å². The molecule has 162 valence electrons. The molecule has 2 N–H and O–H groups in total. The monoisotopic (exact) mass is 422 g/mol. The molecule has 0 spiro atoms. The van der Waals surface area contributed by atoms with E-state index in [4.69, 9.17) is 0 Å². The molecular formula is C22H26N6O3. The Kier molecular flexibility index (Phi) is 5.92.